The number of aliphatic hydroxyl groups excluding tert-OH is 1. The van der Waals surface area contributed by atoms with Crippen molar-refractivity contribution in [2.45, 2.75) is 75.0 Å². The van der Waals surface area contributed by atoms with Crippen LogP contribution in [0.4, 0.5) is 0 Å². The molecule has 0 unspecified atom stereocenters. The molecule has 4 aliphatic rings. The lowest BCUT2D eigenvalue weighted by Crippen LogP contribution is -2.71. The first-order valence-corrected chi connectivity index (χ1v) is 10.5. The molecule has 1 aromatic rings. The van der Waals surface area contributed by atoms with E-state index < -0.39 is 17.1 Å². The van der Waals surface area contributed by atoms with Gasteiger partial charge < -0.3 is 20.1 Å². The Hall–Kier alpha value is -1.30. The first-order valence-electron chi connectivity index (χ1n) is 10.5. The first kappa shape index (κ1) is 17.8. The molecule has 27 heavy (non-hydrogen) atoms. The molecule has 0 radical (unpaired) electrons. The third-order valence-corrected chi connectivity index (χ3v) is 8.03. The number of hydrogen-bond donors (Lipinski definition) is 3. The number of aromatic hydroxyl groups is 1. The second-order valence-corrected chi connectivity index (χ2v) is 9.47. The zero-order chi connectivity index (χ0) is 18.8. The van der Waals surface area contributed by atoms with Gasteiger partial charge in [0, 0.05) is 23.6 Å². The number of aliphatic hydroxyl groups is 2. The lowest BCUT2D eigenvalue weighted by Gasteiger charge is -2.61. The van der Waals surface area contributed by atoms with Crippen molar-refractivity contribution in [1.82, 2.24) is 4.90 Å². The van der Waals surface area contributed by atoms with Gasteiger partial charge in [-0.2, -0.15) is 0 Å². The van der Waals surface area contributed by atoms with Crippen molar-refractivity contribution in [2.24, 2.45) is 5.92 Å². The number of piperidine rings is 1. The Morgan fingerprint density at radius 1 is 1.22 bits per heavy atom. The van der Waals surface area contributed by atoms with Gasteiger partial charge in [0.15, 0.2) is 11.5 Å². The summed E-state index contributed by atoms with van der Waals surface area (Å²) in [5.41, 5.74) is 0.756. The minimum absolute atomic E-state index is 0.0621. The Labute approximate surface area is 161 Å². The number of hydrogen-bond acceptors (Lipinski definition) is 5. The fourth-order valence-electron chi connectivity index (χ4n) is 6.11. The van der Waals surface area contributed by atoms with Crippen molar-refractivity contribution in [3.8, 4) is 11.5 Å². The van der Waals surface area contributed by atoms with Gasteiger partial charge in [-0.25, -0.2) is 0 Å². The summed E-state index contributed by atoms with van der Waals surface area (Å²) in [5, 5.41) is 33.0. The van der Waals surface area contributed by atoms with Crippen LogP contribution in [-0.4, -0.2) is 57.7 Å². The molecular formula is C22H31NO4. The third kappa shape index (κ3) is 2.48. The topological polar surface area (TPSA) is 73.2 Å². The van der Waals surface area contributed by atoms with Crippen LogP contribution in [0, 0.1) is 5.92 Å². The molecule has 1 saturated carbocycles. The van der Waals surface area contributed by atoms with Crippen LogP contribution in [-0.2, 0) is 11.8 Å². The number of nitrogens with zero attached hydrogens (tertiary/aromatic N) is 1. The minimum atomic E-state index is -0.917. The molecule has 4 bridgehead atoms. The van der Waals surface area contributed by atoms with Crippen LogP contribution in [0.5, 0.6) is 11.5 Å². The smallest absolute Gasteiger partial charge is 0.165 e. The first-order chi connectivity index (χ1) is 12.9. The van der Waals surface area contributed by atoms with Crippen LogP contribution in [0.2, 0.25) is 0 Å². The molecule has 1 saturated heterocycles. The monoisotopic (exact) mass is 373 g/mol. The fourth-order valence-corrected chi connectivity index (χ4v) is 6.11. The zero-order valence-electron chi connectivity index (χ0n) is 16.2. The number of rotatable bonds is 2. The van der Waals surface area contributed by atoms with Gasteiger partial charge in [-0.05, 0) is 62.6 Å². The van der Waals surface area contributed by atoms with E-state index in [1.165, 1.54) is 24.8 Å². The van der Waals surface area contributed by atoms with Gasteiger partial charge in [0.05, 0.1) is 11.7 Å². The van der Waals surface area contributed by atoms with Gasteiger partial charge in [-0.1, -0.05) is 19.4 Å². The van der Waals surface area contributed by atoms with Crippen molar-refractivity contribution < 1.29 is 20.1 Å². The molecule has 0 spiro atoms. The van der Waals surface area contributed by atoms with Crippen molar-refractivity contribution in [3.63, 3.8) is 0 Å². The molecule has 5 nitrogen and oxygen atoms in total. The van der Waals surface area contributed by atoms with Gasteiger partial charge in [0.25, 0.3) is 0 Å². The molecule has 2 aliphatic heterocycles. The zero-order valence-corrected chi connectivity index (χ0v) is 16.2. The number of ether oxygens (including phenoxy) is 1. The maximum Gasteiger partial charge on any atom is 0.165 e. The molecule has 0 aromatic heterocycles. The molecular weight excluding hydrogens is 342 g/mol. The SMILES string of the molecule is C[C@]12CCN(CC3CCC3)[C@@H]3Cc4ccc(O)c(c41)OC[C@@H](O)CC[C@@]32O. The minimum Gasteiger partial charge on any atom is -0.504 e. The standard InChI is InChI=1S/C22H31NO4/c1-21-9-10-23(12-14-3-2-4-14)18-11-15-5-6-17(25)20(19(15)21)27-13-16(24)7-8-22(18,21)26/h5-6,14,16,18,24-26H,2-4,7-13H2,1H3/t16-,18+,21-,22+/m0/s1. The predicted octanol–water partition coefficient (Wildman–Crippen LogP) is 2.35. The van der Waals surface area contributed by atoms with Crippen LogP contribution in [0.15, 0.2) is 12.1 Å². The molecule has 5 rings (SSSR count). The van der Waals surface area contributed by atoms with E-state index in [1.807, 2.05) is 6.07 Å². The molecule has 2 aliphatic carbocycles. The Morgan fingerprint density at radius 3 is 2.78 bits per heavy atom. The van der Waals surface area contributed by atoms with E-state index in [4.69, 9.17) is 4.74 Å². The third-order valence-electron chi connectivity index (χ3n) is 8.03. The Kier molecular flexibility index (Phi) is 4.01. The van der Waals surface area contributed by atoms with E-state index >= 15 is 0 Å². The normalized spacial score (nSPS) is 38.9. The highest BCUT2D eigenvalue weighted by atomic mass is 16.5. The van der Waals surface area contributed by atoms with Gasteiger partial charge >= 0.3 is 0 Å². The van der Waals surface area contributed by atoms with E-state index in [9.17, 15) is 15.3 Å². The van der Waals surface area contributed by atoms with Gasteiger partial charge in [0.1, 0.15) is 6.61 Å². The molecule has 148 valence electrons. The largest absolute Gasteiger partial charge is 0.504 e. The maximum atomic E-state index is 12.1. The number of phenolic OH excluding ortho intramolecular Hbond substituents is 1. The molecule has 5 heteroatoms. The number of phenols is 1. The second-order valence-electron chi connectivity index (χ2n) is 9.47. The van der Waals surface area contributed by atoms with Gasteiger partial charge in [-0.15, -0.1) is 0 Å². The van der Waals surface area contributed by atoms with E-state index in [0.717, 1.165) is 37.4 Å². The number of likely N-dealkylation sites (tertiary alicyclic amines) is 1. The summed E-state index contributed by atoms with van der Waals surface area (Å²) in [6, 6.07) is 3.77. The predicted molar refractivity (Wildman–Crippen MR) is 102 cm³/mol. The highest BCUT2D eigenvalue weighted by Gasteiger charge is 2.61. The van der Waals surface area contributed by atoms with Crippen LogP contribution < -0.4 is 4.74 Å². The van der Waals surface area contributed by atoms with Crippen molar-refractivity contribution in [3.05, 3.63) is 23.3 Å². The highest BCUT2D eigenvalue weighted by Crippen LogP contribution is 2.57. The van der Waals surface area contributed by atoms with E-state index in [0.29, 0.717) is 18.6 Å². The molecule has 2 heterocycles. The molecule has 0 amide bonds. The van der Waals surface area contributed by atoms with Gasteiger partial charge in [-0.3, -0.25) is 4.90 Å². The van der Waals surface area contributed by atoms with Crippen molar-refractivity contribution in [1.29, 1.82) is 0 Å². The second kappa shape index (κ2) is 6.10. The quantitative estimate of drug-likeness (QED) is 0.742. The summed E-state index contributed by atoms with van der Waals surface area (Å²) >= 11 is 0. The Balaban J connectivity index is 1.64. The molecule has 3 N–H and O–H groups in total. The summed E-state index contributed by atoms with van der Waals surface area (Å²) in [5.74, 6) is 1.35. The Bertz CT molecular complexity index is 748. The Morgan fingerprint density at radius 2 is 2.04 bits per heavy atom. The summed E-state index contributed by atoms with van der Waals surface area (Å²) in [7, 11) is 0. The summed E-state index contributed by atoms with van der Waals surface area (Å²) < 4.78 is 5.91. The van der Waals surface area contributed by atoms with E-state index in [2.05, 4.69) is 11.8 Å². The van der Waals surface area contributed by atoms with Crippen LogP contribution >= 0.6 is 0 Å². The summed E-state index contributed by atoms with van der Waals surface area (Å²) in [6.07, 6.45) is 6.02. The van der Waals surface area contributed by atoms with Crippen LogP contribution in [0.25, 0.3) is 0 Å². The van der Waals surface area contributed by atoms with Gasteiger partial charge in [0.2, 0.25) is 0 Å². The summed E-state index contributed by atoms with van der Waals surface area (Å²) in [6.45, 7) is 4.34. The van der Waals surface area contributed by atoms with Crippen LogP contribution in [0.3, 0.4) is 0 Å². The molecule has 4 atom stereocenters. The van der Waals surface area contributed by atoms with E-state index in [-0.39, 0.29) is 18.4 Å². The maximum absolute atomic E-state index is 12.1. The molecule has 2 fully saturated rings. The van der Waals surface area contributed by atoms with Crippen molar-refractivity contribution in [2.75, 3.05) is 19.7 Å². The average Bonchev–Trinajstić information content (AvgIpc) is 2.62. The van der Waals surface area contributed by atoms with Crippen molar-refractivity contribution >= 4 is 0 Å². The highest BCUT2D eigenvalue weighted by molar-refractivity contribution is 5.57. The van der Waals surface area contributed by atoms with Crippen LogP contribution in [0.1, 0.15) is 56.6 Å². The fraction of sp³-hybridized carbons (Fsp3) is 0.727. The lowest BCUT2D eigenvalue weighted by atomic mass is 9.54. The summed E-state index contributed by atoms with van der Waals surface area (Å²) in [4.78, 5) is 2.52. The lowest BCUT2D eigenvalue weighted by molar-refractivity contribution is -0.152. The molecule has 1 aromatic carbocycles. The average molecular weight is 373 g/mol. The van der Waals surface area contributed by atoms with E-state index in [1.54, 1.807) is 6.07 Å². The number of benzene rings is 1.